The van der Waals surface area contributed by atoms with Crippen LogP contribution >= 0.6 is 0 Å². The maximum absolute atomic E-state index is 12.8. The third-order valence-corrected chi connectivity index (χ3v) is 2.26. The number of methoxy groups -OCH3 is 1. The molecule has 0 radical (unpaired) electrons. The molecule has 0 N–H and O–H groups in total. The Morgan fingerprint density at radius 1 is 1.60 bits per heavy atom. The van der Waals surface area contributed by atoms with Crippen LogP contribution in [0.1, 0.15) is 13.3 Å². The number of hydrogen-bond acceptors (Lipinski definition) is 3. The molecule has 15 heavy (non-hydrogen) atoms. The van der Waals surface area contributed by atoms with Crippen molar-refractivity contribution in [2.45, 2.75) is 25.1 Å². The van der Waals surface area contributed by atoms with Crippen molar-refractivity contribution in [3.63, 3.8) is 0 Å². The summed E-state index contributed by atoms with van der Waals surface area (Å²) in [5.74, 6) is -1.40. The average Bonchev–Trinajstić information content (AvgIpc) is 2.14. The van der Waals surface area contributed by atoms with E-state index in [0.717, 1.165) is 7.11 Å². The number of halogens is 3. The van der Waals surface area contributed by atoms with Gasteiger partial charge in [-0.2, -0.15) is 13.2 Å². The number of carbonyl (C=O) groups excluding carboxylic acids is 1. The normalized spacial score (nSPS) is 27.1. The van der Waals surface area contributed by atoms with Crippen LogP contribution in [0.5, 0.6) is 0 Å². The Hall–Kier alpha value is -1.04. The fourth-order valence-electron chi connectivity index (χ4n) is 1.44. The molecule has 0 spiro atoms. The summed E-state index contributed by atoms with van der Waals surface area (Å²) >= 11 is 0. The van der Waals surface area contributed by atoms with Crippen molar-refractivity contribution in [2.24, 2.45) is 0 Å². The van der Waals surface area contributed by atoms with E-state index in [9.17, 15) is 18.0 Å². The van der Waals surface area contributed by atoms with Gasteiger partial charge in [0.05, 0.1) is 13.7 Å². The smallest absolute Gasteiger partial charge is 0.428 e. The van der Waals surface area contributed by atoms with E-state index in [1.165, 1.54) is 13.0 Å². The fourth-order valence-corrected chi connectivity index (χ4v) is 1.44. The minimum absolute atomic E-state index is 0.236. The molecule has 1 aliphatic heterocycles. The van der Waals surface area contributed by atoms with Gasteiger partial charge in [-0.3, -0.25) is 0 Å². The lowest BCUT2D eigenvalue weighted by Crippen LogP contribution is -2.56. The second-order valence-electron chi connectivity index (χ2n) is 3.35. The van der Waals surface area contributed by atoms with E-state index in [1.54, 1.807) is 0 Å². The van der Waals surface area contributed by atoms with E-state index >= 15 is 0 Å². The molecule has 0 saturated carbocycles. The lowest BCUT2D eigenvalue weighted by Gasteiger charge is -2.35. The van der Waals surface area contributed by atoms with Crippen LogP contribution in [0.3, 0.4) is 0 Å². The predicted molar refractivity (Wildman–Crippen MR) is 45.1 cm³/mol. The fraction of sp³-hybridized carbons (Fsp3) is 0.667. The van der Waals surface area contributed by atoms with Crippen LogP contribution in [0.15, 0.2) is 11.6 Å². The maximum atomic E-state index is 12.8. The number of alkyl halides is 3. The number of hydrogen-bond donors (Lipinski definition) is 0. The first kappa shape index (κ1) is 12.0. The zero-order chi connectivity index (χ0) is 11.7. The van der Waals surface area contributed by atoms with E-state index in [2.05, 4.69) is 9.47 Å². The lowest BCUT2D eigenvalue weighted by molar-refractivity contribution is -0.275. The van der Waals surface area contributed by atoms with E-state index in [0.29, 0.717) is 5.57 Å². The van der Waals surface area contributed by atoms with E-state index in [4.69, 9.17) is 0 Å². The first-order valence-corrected chi connectivity index (χ1v) is 4.28. The molecule has 0 fully saturated rings. The van der Waals surface area contributed by atoms with Gasteiger partial charge in [0.2, 0.25) is 0 Å². The topological polar surface area (TPSA) is 35.5 Å². The molecule has 0 bridgehead atoms. The summed E-state index contributed by atoms with van der Waals surface area (Å²) in [5.41, 5.74) is -2.37. The molecule has 0 aromatic heterocycles. The van der Waals surface area contributed by atoms with E-state index < -0.39 is 24.2 Å². The molecule has 1 heterocycles. The largest absolute Gasteiger partial charge is 0.467 e. The van der Waals surface area contributed by atoms with Crippen LogP contribution in [0.4, 0.5) is 13.2 Å². The maximum Gasteiger partial charge on any atom is 0.428 e. The van der Waals surface area contributed by atoms with Gasteiger partial charge >= 0.3 is 12.1 Å². The van der Waals surface area contributed by atoms with Gasteiger partial charge in [0.1, 0.15) is 0 Å². The molecule has 0 aliphatic carbocycles. The highest BCUT2D eigenvalue weighted by atomic mass is 19.4. The molecule has 3 nitrogen and oxygen atoms in total. The molecule has 0 saturated heterocycles. The SMILES string of the molecule is COC(=O)C1(C(F)(F)F)CC(C)=CCO1. The highest BCUT2D eigenvalue weighted by molar-refractivity contribution is 5.81. The van der Waals surface area contributed by atoms with Gasteiger partial charge in [0, 0.05) is 6.42 Å². The summed E-state index contributed by atoms with van der Waals surface area (Å²) in [5, 5.41) is 0. The lowest BCUT2D eigenvalue weighted by atomic mass is 9.92. The molecule has 0 aromatic carbocycles. The Balaban J connectivity index is 3.09. The van der Waals surface area contributed by atoms with Gasteiger partial charge in [-0.05, 0) is 6.92 Å². The van der Waals surface area contributed by atoms with Crippen LogP contribution in [0.25, 0.3) is 0 Å². The minimum atomic E-state index is -4.77. The van der Waals surface area contributed by atoms with E-state index in [-0.39, 0.29) is 6.61 Å². The van der Waals surface area contributed by atoms with Crippen molar-refractivity contribution < 1.29 is 27.4 Å². The second-order valence-corrected chi connectivity index (χ2v) is 3.35. The monoisotopic (exact) mass is 224 g/mol. The van der Waals surface area contributed by atoms with Crippen LogP contribution in [-0.2, 0) is 14.3 Å². The van der Waals surface area contributed by atoms with Crippen molar-refractivity contribution in [3.05, 3.63) is 11.6 Å². The first-order chi connectivity index (χ1) is 6.83. The molecular weight excluding hydrogens is 213 g/mol. The molecule has 0 amide bonds. The van der Waals surface area contributed by atoms with Gasteiger partial charge in [-0.1, -0.05) is 11.6 Å². The molecule has 0 aromatic rings. The van der Waals surface area contributed by atoms with Crippen LogP contribution < -0.4 is 0 Å². The number of carbonyl (C=O) groups is 1. The Bertz CT molecular complexity index is 295. The zero-order valence-electron chi connectivity index (χ0n) is 8.35. The summed E-state index contributed by atoms with van der Waals surface area (Å²) in [6, 6.07) is 0. The van der Waals surface area contributed by atoms with Gasteiger partial charge in [0.15, 0.2) is 0 Å². The Labute approximate surface area is 84.8 Å². The number of esters is 1. The molecule has 1 atom stereocenters. The van der Waals surface area contributed by atoms with Crippen LogP contribution in [-0.4, -0.2) is 31.5 Å². The third kappa shape index (κ3) is 1.99. The molecule has 1 rings (SSSR count). The van der Waals surface area contributed by atoms with E-state index in [1.807, 2.05) is 0 Å². The van der Waals surface area contributed by atoms with Gasteiger partial charge in [-0.25, -0.2) is 4.79 Å². The van der Waals surface area contributed by atoms with Crippen molar-refractivity contribution >= 4 is 5.97 Å². The minimum Gasteiger partial charge on any atom is -0.467 e. The second kappa shape index (κ2) is 3.84. The van der Waals surface area contributed by atoms with Crippen LogP contribution in [0, 0.1) is 0 Å². The predicted octanol–water partition coefficient (Wildman–Crippen LogP) is 1.83. The Morgan fingerprint density at radius 3 is 2.60 bits per heavy atom. The van der Waals surface area contributed by atoms with Crippen molar-refractivity contribution in [1.82, 2.24) is 0 Å². The quantitative estimate of drug-likeness (QED) is 0.503. The Morgan fingerprint density at radius 2 is 2.20 bits per heavy atom. The standard InChI is InChI=1S/C9H11F3O3/c1-6-3-4-15-8(5-6,7(13)14-2)9(10,11)12/h3H,4-5H2,1-2H3. The molecule has 86 valence electrons. The van der Waals surface area contributed by atoms with Crippen molar-refractivity contribution in [2.75, 3.05) is 13.7 Å². The van der Waals surface area contributed by atoms with Gasteiger partial charge in [0.25, 0.3) is 5.60 Å². The summed E-state index contributed by atoms with van der Waals surface area (Å²) in [6.07, 6.45) is -3.77. The Kier molecular flexibility index (Phi) is 3.08. The number of rotatable bonds is 1. The highest BCUT2D eigenvalue weighted by Gasteiger charge is 2.63. The average molecular weight is 224 g/mol. The van der Waals surface area contributed by atoms with Crippen molar-refractivity contribution in [3.8, 4) is 0 Å². The first-order valence-electron chi connectivity index (χ1n) is 4.28. The molecule has 1 aliphatic rings. The molecule has 6 heteroatoms. The summed E-state index contributed by atoms with van der Waals surface area (Å²) in [4.78, 5) is 11.2. The summed E-state index contributed by atoms with van der Waals surface area (Å²) < 4.78 is 47.0. The van der Waals surface area contributed by atoms with Crippen LogP contribution in [0.2, 0.25) is 0 Å². The number of ether oxygens (including phenoxy) is 2. The van der Waals surface area contributed by atoms with Gasteiger partial charge < -0.3 is 9.47 Å². The van der Waals surface area contributed by atoms with Crippen molar-refractivity contribution in [1.29, 1.82) is 0 Å². The summed E-state index contributed by atoms with van der Waals surface area (Å²) in [6.45, 7) is 1.28. The zero-order valence-corrected chi connectivity index (χ0v) is 8.35. The third-order valence-electron chi connectivity index (χ3n) is 2.26. The van der Waals surface area contributed by atoms with Gasteiger partial charge in [-0.15, -0.1) is 0 Å². The molecular formula is C9H11F3O3. The summed E-state index contributed by atoms with van der Waals surface area (Å²) in [7, 11) is 0.910. The molecule has 1 unspecified atom stereocenters. The highest BCUT2D eigenvalue weighted by Crippen LogP contribution is 2.41.